The minimum atomic E-state index is -0.457. The highest BCUT2D eigenvalue weighted by Gasteiger charge is 2.33. The number of aromatic nitrogens is 1. The lowest BCUT2D eigenvalue weighted by molar-refractivity contribution is -0.133. The molecule has 0 radical (unpaired) electrons. The topological polar surface area (TPSA) is 45.5 Å². The standard InChI is InChI=1S/C19H18Cl2N2O2/c1-22-5-2-3-16(22)12-8-15(20)19(21)13-7-11-4-6-23(17(25)10-24)9-14(11)18(12)13/h2-3,5,8,24H,4,6-7,9-10H2,1H3. The van der Waals surface area contributed by atoms with Crippen LogP contribution in [-0.4, -0.2) is 40.2 Å². The molecule has 1 amide bonds. The maximum atomic E-state index is 12.0. The molecule has 0 saturated carbocycles. The molecule has 2 aromatic rings. The van der Waals surface area contributed by atoms with Crippen molar-refractivity contribution in [1.82, 2.24) is 9.47 Å². The van der Waals surface area contributed by atoms with E-state index in [4.69, 9.17) is 23.2 Å². The smallest absolute Gasteiger partial charge is 0.248 e. The van der Waals surface area contributed by atoms with Crippen molar-refractivity contribution in [2.75, 3.05) is 19.7 Å². The van der Waals surface area contributed by atoms with Crippen LogP contribution in [0, 0.1) is 0 Å². The van der Waals surface area contributed by atoms with Crippen molar-refractivity contribution in [1.29, 1.82) is 0 Å². The SMILES string of the molecule is Cn1cccc1-c1cc(Cl)c(Cl)c2c1C1=C(CCN(C(=O)CO)C1)C2. The van der Waals surface area contributed by atoms with Gasteiger partial charge in [0.1, 0.15) is 6.61 Å². The predicted octanol–water partition coefficient (Wildman–Crippen LogP) is 3.53. The van der Waals surface area contributed by atoms with E-state index in [0.717, 1.165) is 40.8 Å². The van der Waals surface area contributed by atoms with Crippen molar-refractivity contribution in [2.45, 2.75) is 12.8 Å². The van der Waals surface area contributed by atoms with Gasteiger partial charge in [-0.15, -0.1) is 0 Å². The van der Waals surface area contributed by atoms with Crippen LogP contribution in [0.5, 0.6) is 0 Å². The number of hydrogen-bond acceptors (Lipinski definition) is 2. The van der Waals surface area contributed by atoms with Gasteiger partial charge in [-0.1, -0.05) is 28.8 Å². The second-order valence-electron chi connectivity index (χ2n) is 6.56. The van der Waals surface area contributed by atoms with Crippen LogP contribution < -0.4 is 0 Å². The average molecular weight is 377 g/mol. The van der Waals surface area contributed by atoms with Crippen molar-refractivity contribution in [3.8, 4) is 11.3 Å². The summed E-state index contributed by atoms with van der Waals surface area (Å²) in [6.07, 6.45) is 3.58. The van der Waals surface area contributed by atoms with Crippen LogP contribution in [0.4, 0.5) is 0 Å². The number of benzene rings is 1. The van der Waals surface area contributed by atoms with E-state index in [1.807, 2.05) is 25.4 Å². The fourth-order valence-corrected chi connectivity index (χ4v) is 4.35. The summed E-state index contributed by atoms with van der Waals surface area (Å²) in [5.74, 6) is -0.236. The third-order valence-electron chi connectivity index (χ3n) is 5.18. The Morgan fingerprint density at radius 3 is 2.84 bits per heavy atom. The predicted molar refractivity (Wildman–Crippen MR) is 99.8 cm³/mol. The fourth-order valence-electron chi connectivity index (χ4n) is 3.91. The highest BCUT2D eigenvalue weighted by atomic mass is 35.5. The zero-order valence-corrected chi connectivity index (χ0v) is 15.4. The first-order valence-electron chi connectivity index (χ1n) is 8.23. The van der Waals surface area contributed by atoms with Crippen LogP contribution >= 0.6 is 23.2 Å². The molecule has 4 rings (SSSR count). The van der Waals surface area contributed by atoms with Crippen LogP contribution in [0.2, 0.25) is 10.0 Å². The van der Waals surface area contributed by atoms with Gasteiger partial charge in [-0.3, -0.25) is 4.79 Å². The van der Waals surface area contributed by atoms with E-state index >= 15 is 0 Å². The second kappa shape index (κ2) is 6.20. The molecule has 0 saturated heterocycles. The fraction of sp³-hybridized carbons (Fsp3) is 0.316. The molecule has 2 heterocycles. The van der Waals surface area contributed by atoms with Gasteiger partial charge in [0.05, 0.1) is 10.0 Å². The maximum absolute atomic E-state index is 12.0. The molecule has 0 fully saturated rings. The van der Waals surface area contributed by atoms with Crippen LogP contribution in [0.15, 0.2) is 30.0 Å². The first-order chi connectivity index (χ1) is 12.0. The third-order valence-corrected chi connectivity index (χ3v) is 6.00. The molecule has 6 heteroatoms. The zero-order valence-electron chi connectivity index (χ0n) is 13.9. The number of carbonyl (C=O) groups is 1. The summed E-state index contributed by atoms with van der Waals surface area (Å²) in [6, 6.07) is 5.97. The van der Waals surface area contributed by atoms with Gasteiger partial charge in [-0.2, -0.15) is 0 Å². The average Bonchev–Trinajstić information content (AvgIpc) is 3.20. The van der Waals surface area contributed by atoms with Crippen molar-refractivity contribution in [3.63, 3.8) is 0 Å². The molecule has 1 aliphatic carbocycles. The van der Waals surface area contributed by atoms with E-state index in [-0.39, 0.29) is 5.91 Å². The molecule has 0 unspecified atom stereocenters. The van der Waals surface area contributed by atoms with Gasteiger partial charge >= 0.3 is 0 Å². The number of aliphatic hydroxyl groups excluding tert-OH is 1. The number of rotatable bonds is 2. The van der Waals surface area contributed by atoms with Crippen LogP contribution in [0.3, 0.4) is 0 Å². The number of fused-ring (bicyclic) bond motifs is 2. The summed E-state index contributed by atoms with van der Waals surface area (Å²) in [6.45, 7) is 0.690. The van der Waals surface area contributed by atoms with Crippen molar-refractivity contribution in [3.05, 3.63) is 51.1 Å². The molecular formula is C19H18Cl2N2O2. The van der Waals surface area contributed by atoms with E-state index in [0.29, 0.717) is 23.1 Å². The Morgan fingerprint density at radius 1 is 1.36 bits per heavy atom. The van der Waals surface area contributed by atoms with Gasteiger partial charge in [0.2, 0.25) is 5.91 Å². The summed E-state index contributed by atoms with van der Waals surface area (Å²) < 4.78 is 2.05. The van der Waals surface area contributed by atoms with Gasteiger partial charge in [0.15, 0.2) is 0 Å². The highest BCUT2D eigenvalue weighted by molar-refractivity contribution is 6.43. The van der Waals surface area contributed by atoms with E-state index < -0.39 is 6.61 Å². The zero-order chi connectivity index (χ0) is 17.7. The molecular weight excluding hydrogens is 359 g/mol. The molecule has 1 aromatic heterocycles. The number of amides is 1. The summed E-state index contributed by atoms with van der Waals surface area (Å²) in [5.41, 5.74) is 6.72. The molecule has 0 atom stereocenters. The Balaban J connectivity index is 1.88. The largest absolute Gasteiger partial charge is 0.387 e. The minimum absolute atomic E-state index is 0.236. The van der Waals surface area contributed by atoms with Crippen LogP contribution in [0.1, 0.15) is 17.5 Å². The number of carbonyl (C=O) groups excluding carboxylic acids is 1. The molecule has 130 valence electrons. The maximum Gasteiger partial charge on any atom is 0.248 e. The number of aryl methyl sites for hydroxylation is 1. The van der Waals surface area contributed by atoms with Gasteiger partial charge in [-0.05, 0) is 47.7 Å². The highest BCUT2D eigenvalue weighted by Crippen LogP contribution is 2.47. The minimum Gasteiger partial charge on any atom is -0.387 e. The third kappa shape index (κ3) is 2.60. The Bertz CT molecular complexity index is 914. The lowest BCUT2D eigenvalue weighted by Crippen LogP contribution is -2.37. The summed E-state index contributed by atoms with van der Waals surface area (Å²) in [4.78, 5) is 13.7. The van der Waals surface area contributed by atoms with Gasteiger partial charge in [0.25, 0.3) is 0 Å². The monoisotopic (exact) mass is 376 g/mol. The van der Waals surface area contributed by atoms with Gasteiger partial charge in [-0.25, -0.2) is 0 Å². The van der Waals surface area contributed by atoms with E-state index in [1.54, 1.807) is 4.90 Å². The van der Waals surface area contributed by atoms with Gasteiger partial charge in [0, 0.05) is 37.6 Å². The normalized spacial score (nSPS) is 16.2. The van der Waals surface area contributed by atoms with Crippen molar-refractivity contribution in [2.24, 2.45) is 7.05 Å². The van der Waals surface area contributed by atoms with Crippen LogP contribution in [-0.2, 0) is 18.3 Å². The molecule has 25 heavy (non-hydrogen) atoms. The number of aliphatic hydroxyl groups is 1. The van der Waals surface area contributed by atoms with Crippen molar-refractivity contribution >= 4 is 34.7 Å². The molecule has 0 spiro atoms. The molecule has 0 bridgehead atoms. The van der Waals surface area contributed by atoms with E-state index in [2.05, 4.69) is 10.6 Å². The first-order valence-corrected chi connectivity index (χ1v) is 8.99. The molecule has 1 N–H and O–H groups in total. The Morgan fingerprint density at radius 2 is 2.16 bits per heavy atom. The summed E-state index contributed by atoms with van der Waals surface area (Å²) >= 11 is 12.9. The first kappa shape index (κ1) is 16.7. The Hall–Kier alpha value is -1.75. The lowest BCUT2D eigenvalue weighted by Gasteiger charge is -2.29. The summed E-state index contributed by atoms with van der Waals surface area (Å²) in [7, 11) is 2.00. The quantitative estimate of drug-likeness (QED) is 0.870. The van der Waals surface area contributed by atoms with Crippen LogP contribution in [0.25, 0.3) is 16.8 Å². The van der Waals surface area contributed by atoms with E-state index in [1.165, 1.54) is 5.57 Å². The summed E-state index contributed by atoms with van der Waals surface area (Å²) in [5, 5.41) is 10.4. The lowest BCUT2D eigenvalue weighted by atomic mass is 9.94. The molecule has 4 nitrogen and oxygen atoms in total. The molecule has 2 aliphatic rings. The Kier molecular flexibility index (Phi) is 4.14. The molecule has 1 aromatic carbocycles. The van der Waals surface area contributed by atoms with Gasteiger partial charge < -0.3 is 14.6 Å². The van der Waals surface area contributed by atoms with Crippen molar-refractivity contribution < 1.29 is 9.90 Å². The second-order valence-corrected chi connectivity index (χ2v) is 7.35. The van der Waals surface area contributed by atoms with E-state index in [9.17, 15) is 9.90 Å². The number of nitrogens with zero attached hydrogens (tertiary/aromatic N) is 2. The molecule has 1 aliphatic heterocycles. The number of hydrogen-bond donors (Lipinski definition) is 1. The Labute approximate surface area is 156 Å². The number of halogens is 2.